The Morgan fingerprint density at radius 1 is 1.19 bits per heavy atom. The molecule has 1 heterocycles. The molecule has 0 aliphatic rings. The normalized spacial score (nSPS) is 10.6. The molecule has 0 saturated carbocycles. The average Bonchev–Trinajstić information content (AvgIpc) is 2.97. The molecule has 112 valence electrons. The third-order valence-electron chi connectivity index (χ3n) is 3.05. The van der Waals surface area contributed by atoms with E-state index >= 15 is 0 Å². The Hall–Kier alpha value is -1.72. The first-order valence-electron chi connectivity index (χ1n) is 7.22. The zero-order valence-electron chi connectivity index (χ0n) is 12.5. The molecule has 0 radical (unpaired) electrons. The molecule has 1 amide bonds. The van der Waals surface area contributed by atoms with Crippen molar-refractivity contribution in [1.29, 1.82) is 0 Å². The van der Waals surface area contributed by atoms with Crippen LogP contribution in [-0.4, -0.2) is 30.5 Å². The highest BCUT2D eigenvalue weighted by Gasteiger charge is 2.11. The van der Waals surface area contributed by atoms with Crippen LogP contribution in [0, 0.1) is 6.92 Å². The molecule has 0 aliphatic heterocycles. The molecule has 2 aromatic rings. The van der Waals surface area contributed by atoms with Gasteiger partial charge in [0.05, 0.1) is 0 Å². The van der Waals surface area contributed by atoms with E-state index in [4.69, 9.17) is 0 Å². The van der Waals surface area contributed by atoms with Gasteiger partial charge in [-0.1, -0.05) is 36.8 Å². The first-order chi connectivity index (χ1) is 10.2. The Balaban J connectivity index is 1.90. The van der Waals surface area contributed by atoms with Gasteiger partial charge >= 0.3 is 0 Å². The lowest BCUT2D eigenvalue weighted by molar-refractivity contribution is 0.0950. The lowest BCUT2D eigenvalue weighted by atomic mass is 10.2. The van der Waals surface area contributed by atoms with E-state index in [1.54, 1.807) is 0 Å². The van der Waals surface area contributed by atoms with E-state index in [0.29, 0.717) is 12.2 Å². The summed E-state index contributed by atoms with van der Waals surface area (Å²) in [6, 6.07) is 8.17. The van der Waals surface area contributed by atoms with Crippen LogP contribution in [0.4, 0.5) is 0 Å². The van der Waals surface area contributed by atoms with E-state index in [9.17, 15) is 4.79 Å². The van der Waals surface area contributed by atoms with Crippen molar-refractivity contribution < 1.29 is 4.79 Å². The van der Waals surface area contributed by atoms with E-state index in [2.05, 4.69) is 41.6 Å². The van der Waals surface area contributed by atoms with Crippen molar-refractivity contribution in [3.63, 3.8) is 0 Å². The molecule has 0 spiro atoms. The molecule has 21 heavy (non-hydrogen) atoms. The maximum atomic E-state index is 12.0. The van der Waals surface area contributed by atoms with E-state index in [0.717, 1.165) is 30.1 Å². The average molecular weight is 303 g/mol. The van der Waals surface area contributed by atoms with Gasteiger partial charge in [-0.15, -0.1) is 11.3 Å². The highest BCUT2D eigenvalue weighted by atomic mass is 32.1. The minimum atomic E-state index is -0.108. The van der Waals surface area contributed by atoms with Crippen LogP contribution in [0.25, 0.3) is 10.6 Å². The van der Waals surface area contributed by atoms with Crippen LogP contribution in [-0.2, 0) is 0 Å². The number of thiazole rings is 1. The second-order valence-corrected chi connectivity index (χ2v) is 5.77. The number of amides is 1. The predicted octanol–water partition coefficient (Wildman–Crippen LogP) is 2.85. The third-order valence-corrected chi connectivity index (χ3v) is 3.94. The molecule has 0 atom stereocenters. The standard InChI is InChI=1S/C16H21N3OS/c1-3-8-17-9-10-18-15(20)14-11-21-16(19-14)13-6-4-12(2)5-7-13/h4-7,11,17H,3,8-10H2,1-2H3,(H,18,20). The lowest BCUT2D eigenvalue weighted by Crippen LogP contribution is -2.32. The van der Waals surface area contributed by atoms with Crippen LogP contribution in [0.1, 0.15) is 29.4 Å². The molecule has 2 rings (SSSR count). The Kier molecular flexibility index (Phi) is 5.90. The van der Waals surface area contributed by atoms with Crippen molar-refractivity contribution in [3.8, 4) is 10.6 Å². The number of hydrogen-bond acceptors (Lipinski definition) is 4. The van der Waals surface area contributed by atoms with Crippen molar-refractivity contribution in [2.45, 2.75) is 20.3 Å². The maximum Gasteiger partial charge on any atom is 0.270 e. The molecule has 0 fully saturated rings. The SMILES string of the molecule is CCCNCCNC(=O)c1csc(-c2ccc(C)cc2)n1. The minimum absolute atomic E-state index is 0.108. The molecule has 1 aromatic carbocycles. The molecule has 5 heteroatoms. The summed E-state index contributed by atoms with van der Waals surface area (Å²) in [4.78, 5) is 16.4. The fraction of sp³-hybridized carbons (Fsp3) is 0.375. The largest absolute Gasteiger partial charge is 0.349 e. The summed E-state index contributed by atoms with van der Waals surface area (Å²) < 4.78 is 0. The first kappa shape index (κ1) is 15.7. The fourth-order valence-electron chi connectivity index (χ4n) is 1.86. The first-order valence-corrected chi connectivity index (χ1v) is 8.10. The number of nitrogens with one attached hydrogen (secondary N) is 2. The monoisotopic (exact) mass is 303 g/mol. The summed E-state index contributed by atoms with van der Waals surface area (Å²) >= 11 is 1.50. The third kappa shape index (κ3) is 4.65. The van der Waals surface area contributed by atoms with Crippen molar-refractivity contribution in [3.05, 3.63) is 40.9 Å². The van der Waals surface area contributed by atoms with Gasteiger partial charge in [-0.2, -0.15) is 0 Å². The number of hydrogen-bond donors (Lipinski definition) is 2. The molecule has 2 N–H and O–H groups in total. The Labute approximate surface area is 129 Å². The summed E-state index contributed by atoms with van der Waals surface area (Å²) in [6.07, 6.45) is 1.10. The number of nitrogens with zero attached hydrogens (tertiary/aromatic N) is 1. The van der Waals surface area contributed by atoms with Crippen LogP contribution in [0.5, 0.6) is 0 Å². The van der Waals surface area contributed by atoms with Crippen molar-refractivity contribution >= 4 is 17.2 Å². The van der Waals surface area contributed by atoms with E-state index in [-0.39, 0.29) is 5.91 Å². The van der Waals surface area contributed by atoms with E-state index in [1.165, 1.54) is 16.9 Å². The topological polar surface area (TPSA) is 54.0 Å². The van der Waals surface area contributed by atoms with Gasteiger partial charge in [-0.05, 0) is 19.9 Å². The molecule has 0 unspecified atom stereocenters. The predicted molar refractivity (Wildman–Crippen MR) is 87.8 cm³/mol. The van der Waals surface area contributed by atoms with Gasteiger partial charge in [0.2, 0.25) is 0 Å². The van der Waals surface area contributed by atoms with Crippen molar-refractivity contribution in [1.82, 2.24) is 15.6 Å². The molecule has 0 bridgehead atoms. The van der Waals surface area contributed by atoms with Crippen LogP contribution in [0.2, 0.25) is 0 Å². The van der Waals surface area contributed by atoms with Gasteiger partial charge in [0.1, 0.15) is 10.7 Å². The van der Waals surface area contributed by atoms with Gasteiger partial charge in [-0.25, -0.2) is 4.98 Å². The minimum Gasteiger partial charge on any atom is -0.349 e. The number of benzene rings is 1. The van der Waals surface area contributed by atoms with Crippen LogP contribution in [0.3, 0.4) is 0 Å². The molecule has 1 aromatic heterocycles. The molecule has 0 aliphatic carbocycles. The van der Waals surface area contributed by atoms with Crippen LogP contribution >= 0.6 is 11.3 Å². The van der Waals surface area contributed by atoms with Crippen molar-refractivity contribution in [2.24, 2.45) is 0 Å². The highest BCUT2D eigenvalue weighted by Crippen LogP contribution is 2.23. The molecular formula is C16H21N3OS. The number of carbonyl (C=O) groups is 1. The number of rotatable bonds is 7. The van der Waals surface area contributed by atoms with Crippen LogP contribution < -0.4 is 10.6 Å². The molecule has 0 saturated heterocycles. The highest BCUT2D eigenvalue weighted by molar-refractivity contribution is 7.13. The molecule has 4 nitrogen and oxygen atoms in total. The van der Waals surface area contributed by atoms with Gasteiger partial charge in [0, 0.05) is 24.0 Å². The summed E-state index contributed by atoms with van der Waals surface area (Å²) in [7, 11) is 0. The maximum absolute atomic E-state index is 12.0. The summed E-state index contributed by atoms with van der Waals surface area (Å²) in [5.74, 6) is -0.108. The Morgan fingerprint density at radius 2 is 1.95 bits per heavy atom. The zero-order chi connectivity index (χ0) is 15.1. The van der Waals surface area contributed by atoms with E-state index < -0.39 is 0 Å². The Morgan fingerprint density at radius 3 is 2.67 bits per heavy atom. The fourth-order valence-corrected chi connectivity index (χ4v) is 2.67. The smallest absolute Gasteiger partial charge is 0.270 e. The lowest BCUT2D eigenvalue weighted by Gasteiger charge is -2.04. The van der Waals surface area contributed by atoms with Gasteiger partial charge in [0.15, 0.2) is 0 Å². The van der Waals surface area contributed by atoms with E-state index in [1.807, 2.05) is 17.5 Å². The van der Waals surface area contributed by atoms with Gasteiger partial charge in [-0.3, -0.25) is 4.79 Å². The summed E-state index contributed by atoms with van der Waals surface area (Å²) in [5, 5.41) is 8.81. The number of aromatic nitrogens is 1. The zero-order valence-corrected chi connectivity index (χ0v) is 13.3. The van der Waals surface area contributed by atoms with Crippen molar-refractivity contribution in [2.75, 3.05) is 19.6 Å². The second-order valence-electron chi connectivity index (χ2n) is 4.91. The number of aryl methyl sites for hydroxylation is 1. The van der Waals surface area contributed by atoms with Crippen LogP contribution in [0.15, 0.2) is 29.6 Å². The second kappa shape index (κ2) is 7.90. The Bertz CT molecular complexity index is 577. The number of carbonyl (C=O) groups excluding carboxylic acids is 1. The summed E-state index contributed by atoms with van der Waals surface area (Å²) in [6.45, 7) is 6.56. The van der Waals surface area contributed by atoms with Gasteiger partial charge in [0.25, 0.3) is 5.91 Å². The summed E-state index contributed by atoms with van der Waals surface area (Å²) in [5.41, 5.74) is 2.76. The quantitative estimate of drug-likeness (QED) is 0.773. The molecular weight excluding hydrogens is 282 g/mol. The van der Waals surface area contributed by atoms with Gasteiger partial charge < -0.3 is 10.6 Å².